The van der Waals surface area contributed by atoms with E-state index in [0.717, 1.165) is 51.1 Å². The summed E-state index contributed by atoms with van der Waals surface area (Å²) in [5.41, 5.74) is 3.93. The molecule has 1 aromatic heterocycles. The van der Waals surface area contributed by atoms with Crippen LogP contribution in [0.1, 0.15) is 69.3 Å². The maximum atomic E-state index is 13.5. The molecule has 5 nitrogen and oxygen atoms in total. The van der Waals surface area contributed by atoms with Crippen LogP contribution < -0.4 is 16.3 Å². The number of hydrogen-bond acceptors (Lipinski definition) is 3. The van der Waals surface area contributed by atoms with E-state index in [2.05, 4.69) is 38.0 Å². The number of piperidine rings is 1. The summed E-state index contributed by atoms with van der Waals surface area (Å²) in [6.45, 7) is 4.60. The summed E-state index contributed by atoms with van der Waals surface area (Å²) in [4.78, 5) is 13.5. The average molecular weight is 399 g/mol. The lowest BCUT2D eigenvalue weighted by atomic mass is 9.89. The van der Waals surface area contributed by atoms with Gasteiger partial charge in [0.25, 0.3) is 0 Å². The summed E-state index contributed by atoms with van der Waals surface area (Å²) in [7, 11) is 1.96. The van der Waals surface area contributed by atoms with Crippen LogP contribution in [0, 0.1) is 5.92 Å². The van der Waals surface area contributed by atoms with E-state index >= 15 is 0 Å². The van der Waals surface area contributed by atoms with Gasteiger partial charge in [-0.1, -0.05) is 44.2 Å². The van der Waals surface area contributed by atoms with Gasteiger partial charge >= 0.3 is 5.69 Å². The zero-order valence-corrected chi connectivity index (χ0v) is 18.1. The molecule has 0 unspecified atom stereocenters. The lowest BCUT2D eigenvalue weighted by Gasteiger charge is -2.24. The van der Waals surface area contributed by atoms with Gasteiger partial charge in [0.1, 0.15) is 0 Å². The topological polar surface area (TPSA) is 51.0 Å². The van der Waals surface area contributed by atoms with Crippen LogP contribution in [-0.2, 0) is 13.1 Å². The minimum absolute atomic E-state index is 0.193. The number of nitrogens with zero attached hydrogens (tertiary/aromatic N) is 2. The largest absolute Gasteiger partial charge is 0.329 e. The van der Waals surface area contributed by atoms with Gasteiger partial charge in [-0.15, -0.1) is 0 Å². The van der Waals surface area contributed by atoms with Gasteiger partial charge in [0.05, 0.1) is 11.0 Å². The van der Waals surface area contributed by atoms with Crippen molar-refractivity contribution in [2.75, 3.05) is 26.7 Å². The van der Waals surface area contributed by atoms with Crippen molar-refractivity contribution in [2.45, 2.75) is 76.8 Å². The summed E-state index contributed by atoms with van der Waals surface area (Å²) >= 11 is 0. The standard InChI is InChI=1S/C24H38N4O/c1-25-16-17-27-23-21(20-12-14-26-15-13-20)10-7-11-22(23)28(24(27)29)18-19-8-5-3-2-4-6-9-19/h7,10-11,19-20,25-26H,2-6,8-9,12-18H2,1H3. The van der Waals surface area contributed by atoms with Crippen LogP contribution in [0.5, 0.6) is 0 Å². The molecule has 29 heavy (non-hydrogen) atoms. The molecule has 0 bridgehead atoms. The van der Waals surface area contributed by atoms with Gasteiger partial charge in [-0.3, -0.25) is 9.13 Å². The molecule has 1 aromatic carbocycles. The number of rotatable bonds is 6. The smallest absolute Gasteiger partial charge is 0.318 e. The molecule has 2 N–H and O–H groups in total. The minimum atomic E-state index is 0.193. The number of para-hydroxylation sites is 1. The number of imidazole rings is 1. The van der Waals surface area contributed by atoms with E-state index in [9.17, 15) is 4.79 Å². The molecule has 2 fully saturated rings. The average Bonchev–Trinajstić information content (AvgIpc) is 3.00. The van der Waals surface area contributed by atoms with E-state index in [-0.39, 0.29) is 5.69 Å². The van der Waals surface area contributed by atoms with Gasteiger partial charge in [0, 0.05) is 19.6 Å². The third-order valence-electron chi connectivity index (χ3n) is 7.10. The third-order valence-corrected chi connectivity index (χ3v) is 7.10. The van der Waals surface area contributed by atoms with E-state index in [4.69, 9.17) is 0 Å². The van der Waals surface area contributed by atoms with Crippen LogP contribution in [0.4, 0.5) is 0 Å². The second kappa shape index (κ2) is 9.94. The first-order valence-electron chi connectivity index (χ1n) is 11.9. The number of fused-ring (bicyclic) bond motifs is 1. The van der Waals surface area contributed by atoms with E-state index in [1.54, 1.807) is 0 Å². The maximum absolute atomic E-state index is 13.5. The minimum Gasteiger partial charge on any atom is -0.318 e. The number of benzene rings is 1. The molecule has 2 heterocycles. The second-order valence-corrected chi connectivity index (χ2v) is 9.10. The fourth-order valence-corrected chi connectivity index (χ4v) is 5.46. The Morgan fingerprint density at radius 1 is 1.00 bits per heavy atom. The third kappa shape index (κ3) is 4.61. The lowest BCUT2D eigenvalue weighted by Crippen LogP contribution is -2.30. The molecule has 0 spiro atoms. The molecule has 1 saturated heterocycles. The maximum Gasteiger partial charge on any atom is 0.329 e. The Morgan fingerprint density at radius 3 is 2.45 bits per heavy atom. The molecule has 2 aromatic rings. The lowest BCUT2D eigenvalue weighted by molar-refractivity contribution is 0.337. The molecule has 0 amide bonds. The fourth-order valence-electron chi connectivity index (χ4n) is 5.46. The highest BCUT2D eigenvalue weighted by Gasteiger charge is 2.24. The fraction of sp³-hybridized carbons (Fsp3) is 0.708. The summed E-state index contributed by atoms with van der Waals surface area (Å²) in [6.07, 6.45) is 11.6. The Morgan fingerprint density at radius 2 is 1.72 bits per heavy atom. The predicted octanol–water partition coefficient (Wildman–Crippen LogP) is 3.85. The molecule has 2 aliphatic rings. The van der Waals surface area contributed by atoms with Gasteiger partial charge < -0.3 is 10.6 Å². The Bertz CT molecular complexity index is 838. The highest BCUT2D eigenvalue weighted by molar-refractivity contribution is 5.80. The van der Waals surface area contributed by atoms with Gasteiger partial charge in [-0.25, -0.2) is 4.79 Å². The number of aromatic nitrogens is 2. The summed E-state index contributed by atoms with van der Waals surface area (Å²) in [6, 6.07) is 6.63. The van der Waals surface area contributed by atoms with Crippen LogP contribution in [0.2, 0.25) is 0 Å². The Kier molecular flexibility index (Phi) is 7.09. The first-order chi connectivity index (χ1) is 14.3. The molecular formula is C24H38N4O. The van der Waals surface area contributed by atoms with E-state index in [1.807, 2.05) is 7.05 Å². The Hall–Kier alpha value is -1.59. The highest BCUT2D eigenvalue weighted by atomic mass is 16.1. The van der Waals surface area contributed by atoms with Crippen LogP contribution in [-0.4, -0.2) is 35.8 Å². The molecule has 4 rings (SSSR count). The number of hydrogen-bond donors (Lipinski definition) is 2. The van der Waals surface area contributed by atoms with Gasteiger partial charge in [0.2, 0.25) is 0 Å². The molecule has 1 aliphatic carbocycles. The van der Waals surface area contributed by atoms with Crippen LogP contribution in [0.15, 0.2) is 23.0 Å². The molecular weight excluding hydrogens is 360 g/mol. The van der Waals surface area contributed by atoms with E-state index < -0.39 is 0 Å². The van der Waals surface area contributed by atoms with Gasteiger partial charge in [0.15, 0.2) is 0 Å². The van der Waals surface area contributed by atoms with Gasteiger partial charge in [-0.2, -0.15) is 0 Å². The monoisotopic (exact) mass is 398 g/mol. The van der Waals surface area contributed by atoms with Crippen molar-refractivity contribution in [2.24, 2.45) is 5.92 Å². The molecule has 1 saturated carbocycles. The molecule has 0 radical (unpaired) electrons. The molecule has 1 aliphatic heterocycles. The zero-order chi connectivity index (χ0) is 20.1. The van der Waals surface area contributed by atoms with Crippen molar-refractivity contribution in [1.29, 1.82) is 0 Å². The zero-order valence-electron chi connectivity index (χ0n) is 18.1. The van der Waals surface area contributed by atoms with Crippen molar-refractivity contribution >= 4 is 11.0 Å². The normalized spacial score (nSPS) is 20.0. The van der Waals surface area contributed by atoms with Gasteiger partial charge in [-0.05, 0) is 69.3 Å². The van der Waals surface area contributed by atoms with E-state index in [1.165, 1.54) is 56.0 Å². The van der Waals surface area contributed by atoms with Crippen molar-refractivity contribution < 1.29 is 0 Å². The number of nitrogens with one attached hydrogen (secondary N) is 2. The van der Waals surface area contributed by atoms with Crippen molar-refractivity contribution in [3.63, 3.8) is 0 Å². The van der Waals surface area contributed by atoms with Crippen molar-refractivity contribution in [1.82, 2.24) is 19.8 Å². The molecule has 160 valence electrons. The van der Waals surface area contributed by atoms with Crippen molar-refractivity contribution in [3.05, 3.63) is 34.2 Å². The summed E-state index contributed by atoms with van der Waals surface area (Å²) in [5, 5.41) is 6.71. The first kappa shape index (κ1) is 20.7. The highest BCUT2D eigenvalue weighted by Crippen LogP contribution is 2.32. The Labute approximate surface area is 174 Å². The molecule has 0 atom stereocenters. The van der Waals surface area contributed by atoms with E-state index in [0.29, 0.717) is 11.8 Å². The summed E-state index contributed by atoms with van der Waals surface area (Å²) < 4.78 is 4.17. The summed E-state index contributed by atoms with van der Waals surface area (Å²) in [5.74, 6) is 1.19. The Balaban J connectivity index is 1.73. The predicted molar refractivity (Wildman–Crippen MR) is 121 cm³/mol. The van der Waals surface area contributed by atoms with Crippen molar-refractivity contribution in [3.8, 4) is 0 Å². The molecule has 5 heteroatoms. The first-order valence-corrected chi connectivity index (χ1v) is 11.9. The van der Waals surface area contributed by atoms with Crippen LogP contribution >= 0.6 is 0 Å². The number of likely N-dealkylation sites (N-methyl/N-ethyl adjacent to an activating group) is 1. The quantitative estimate of drug-likeness (QED) is 0.777. The van der Waals surface area contributed by atoms with Crippen LogP contribution in [0.25, 0.3) is 11.0 Å². The SMILES string of the molecule is CNCCn1c(=O)n(CC2CCCCCCC2)c2cccc(C3CCNCC3)c21. The van der Waals surface area contributed by atoms with Crippen LogP contribution in [0.3, 0.4) is 0 Å². The second-order valence-electron chi connectivity index (χ2n) is 9.10.